The molecule has 0 bridgehead atoms. The molecule has 3 aromatic rings. The van der Waals surface area contributed by atoms with Gasteiger partial charge in [-0.1, -0.05) is 0 Å². The van der Waals surface area contributed by atoms with Crippen molar-refractivity contribution < 1.29 is 14.6 Å². The lowest BCUT2D eigenvalue weighted by atomic mass is 9.93. The number of nitrogens with two attached hydrogens (primary N) is 1. The van der Waals surface area contributed by atoms with Crippen LogP contribution in [0, 0.1) is 0 Å². The number of carboxylic acid groups (broad SMARTS) is 1. The van der Waals surface area contributed by atoms with Crippen LogP contribution in [0.15, 0.2) is 23.1 Å². The van der Waals surface area contributed by atoms with Gasteiger partial charge >= 0.3 is 5.97 Å². The standard InChI is InChI=1S/C22H22N2O4S/c1-28-20-17(16-7-11-3-2-4-15(23)21(11)29-16)12(10-5-6-10)8-13-18(20)24-9-14(19(13)25)22(26)27/h7-10,15H,2-6,23H2,1H3,(H,24,25)(H,26,27). The molecule has 2 heterocycles. The van der Waals surface area contributed by atoms with Crippen molar-refractivity contribution in [3.8, 4) is 16.2 Å². The highest BCUT2D eigenvalue weighted by molar-refractivity contribution is 7.15. The van der Waals surface area contributed by atoms with Gasteiger partial charge in [0.2, 0.25) is 5.43 Å². The number of aryl methyl sites for hydroxylation is 1. The molecule has 0 radical (unpaired) electrons. The summed E-state index contributed by atoms with van der Waals surface area (Å²) in [7, 11) is 1.59. The second kappa shape index (κ2) is 6.71. The molecule has 150 valence electrons. The van der Waals surface area contributed by atoms with Crippen molar-refractivity contribution in [2.75, 3.05) is 7.11 Å². The Hall–Kier alpha value is -2.64. The Morgan fingerprint density at radius 1 is 1.31 bits per heavy atom. The number of carbonyl (C=O) groups is 1. The first-order valence-electron chi connectivity index (χ1n) is 9.87. The molecular formula is C22H22N2O4S. The number of aromatic amines is 1. The smallest absolute Gasteiger partial charge is 0.341 e. The molecule has 1 fully saturated rings. The van der Waals surface area contributed by atoms with Crippen molar-refractivity contribution in [1.29, 1.82) is 0 Å². The van der Waals surface area contributed by atoms with Gasteiger partial charge in [-0.05, 0) is 61.3 Å². The van der Waals surface area contributed by atoms with Gasteiger partial charge < -0.3 is 20.6 Å². The summed E-state index contributed by atoms with van der Waals surface area (Å²) in [5.74, 6) is -0.265. The minimum Gasteiger partial charge on any atom is -0.494 e. The second-order valence-corrected chi connectivity index (χ2v) is 8.99. The van der Waals surface area contributed by atoms with E-state index >= 15 is 0 Å². The predicted octanol–water partition coefficient (Wildman–Crippen LogP) is 4.18. The normalized spacial score (nSPS) is 18.6. The van der Waals surface area contributed by atoms with E-state index in [-0.39, 0.29) is 11.6 Å². The molecule has 4 N–H and O–H groups in total. The molecule has 0 amide bonds. The third-order valence-corrected chi connectivity index (χ3v) is 7.33. The highest BCUT2D eigenvalue weighted by Gasteiger charge is 2.32. The average Bonchev–Trinajstić information content (AvgIpc) is 3.45. The highest BCUT2D eigenvalue weighted by Crippen LogP contribution is 2.52. The molecule has 2 aliphatic carbocycles. The molecule has 29 heavy (non-hydrogen) atoms. The number of fused-ring (bicyclic) bond motifs is 2. The molecule has 0 aliphatic heterocycles. The summed E-state index contributed by atoms with van der Waals surface area (Å²) in [6, 6.07) is 4.17. The summed E-state index contributed by atoms with van der Waals surface area (Å²) < 4.78 is 5.80. The number of nitrogens with one attached hydrogen (secondary N) is 1. The van der Waals surface area contributed by atoms with Crippen LogP contribution < -0.4 is 15.9 Å². The lowest BCUT2D eigenvalue weighted by Crippen LogP contribution is -2.16. The number of pyridine rings is 1. The van der Waals surface area contributed by atoms with Crippen LogP contribution in [0.3, 0.4) is 0 Å². The minimum absolute atomic E-state index is 0.0752. The van der Waals surface area contributed by atoms with Gasteiger partial charge in [0.1, 0.15) is 5.56 Å². The van der Waals surface area contributed by atoms with E-state index in [1.54, 1.807) is 18.4 Å². The zero-order chi connectivity index (χ0) is 20.3. The van der Waals surface area contributed by atoms with Crippen LogP contribution in [0.2, 0.25) is 0 Å². The molecule has 1 saturated carbocycles. The SMILES string of the molecule is COc1c(-c2cc3c(s2)C(N)CCC3)c(C2CC2)cc2c(=O)c(C(=O)O)c[nH]c12. The predicted molar refractivity (Wildman–Crippen MR) is 113 cm³/mol. The summed E-state index contributed by atoms with van der Waals surface area (Å²) in [6.07, 6.45) is 6.51. The van der Waals surface area contributed by atoms with Crippen LogP contribution >= 0.6 is 11.3 Å². The summed E-state index contributed by atoms with van der Waals surface area (Å²) in [4.78, 5) is 29.6. The van der Waals surface area contributed by atoms with E-state index in [0.717, 1.165) is 48.1 Å². The molecule has 1 aromatic carbocycles. The molecular weight excluding hydrogens is 388 g/mol. The minimum atomic E-state index is -1.23. The monoisotopic (exact) mass is 410 g/mol. The highest BCUT2D eigenvalue weighted by atomic mass is 32.1. The van der Waals surface area contributed by atoms with Crippen LogP contribution in [-0.2, 0) is 6.42 Å². The molecule has 2 aromatic heterocycles. The topological polar surface area (TPSA) is 105 Å². The van der Waals surface area contributed by atoms with E-state index in [1.807, 2.05) is 6.07 Å². The summed E-state index contributed by atoms with van der Waals surface area (Å²) >= 11 is 1.72. The summed E-state index contributed by atoms with van der Waals surface area (Å²) in [5, 5.41) is 9.70. The second-order valence-electron chi connectivity index (χ2n) is 7.91. The number of aromatic carboxylic acids is 1. The third-order valence-electron chi connectivity index (χ3n) is 6.00. The first-order chi connectivity index (χ1) is 14.0. The Kier molecular flexibility index (Phi) is 4.26. The number of methoxy groups -OCH3 is 1. The van der Waals surface area contributed by atoms with E-state index in [0.29, 0.717) is 22.6 Å². The van der Waals surface area contributed by atoms with Crippen molar-refractivity contribution >= 4 is 28.2 Å². The molecule has 1 unspecified atom stereocenters. The van der Waals surface area contributed by atoms with E-state index in [9.17, 15) is 14.7 Å². The van der Waals surface area contributed by atoms with Gasteiger partial charge in [-0.15, -0.1) is 11.3 Å². The number of thiophene rings is 1. The Labute approximate surface area is 171 Å². The molecule has 7 heteroatoms. The van der Waals surface area contributed by atoms with Crippen LogP contribution in [0.1, 0.15) is 64.0 Å². The van der Waals surface area contributed by atoms with Gasteiger partial charge in [0.15, 0.2) is 5.75 Å². The van der Waals surface area contributed by atoms with Crippen molar-refractivity contribution in [2.24, 2.45) is 5.73 Å². The van der Waals surface area contributed by atoms with E-state index in [1.165, 1.54) is 16.6 Å². The maximum atomic E-state index is 12.8. The Morgan fingerprint density at radius 2 is 2.10 bits per heavy atom. The molecule has 0 spiro atoms. The van der Waals surface area contributed by atoms with Gasteiger partial charge in [0, 0.05) is 27.6 Å². The fourth-order valence-electron chi connectivity index (χ4n) is 4.41. The zero-order valence-electron chi connectivity index (χ0n) is 16.1. The van der Waals surface area contributed by atoms with E-state index in [4.69, 9.17) is 10.5 Å². The first kappa shape index (κ1) is 18.4. The van der Waals surface area contributed by atoms with Gasteiger partial charge in [0.25, 0.3) is 0 Å². The number of aromatic nitrogens is 1. The Balaban J connectivity index is 1.81. The summed E-state index contributed by atoms with van der Waals surface area (Å²) in [6.45, 7) is 0. The average molecular weight is 410 g/mol. The number of hydrogen-bond acceptors (Lipinski definition) is 5. The van der Waals surface area contributed by atoms with Crippen LogP contribution in [0.4, 0.5) is 0 Å². The number of carboxylic acids is 1. The fourth-order valence-corrected chi connectivity index (χ4v) is 5.72. The lowest BCUT2D eigenvalue weighted by molar-refractivity contribution is 0.0695. The Morgan fingerprint density at radius 3 is 2.76 bits per heavy atom. The van der Waals surface area contributed by atoms with Crippen molar-refractivity contribution in [2.45, 2.75) is 44.1 Å². The maximum Gasteiger partial charge on any atom is 0.341 e. The molecule has 2 aliphatic rings. The zero-order valence-corrected chi connectivity index (χ0v) is 16.9. The molecule has 0 saturated heterocycles. The number of hydrogen-bond donors (Lipinski definition) is 3. The van der Waals surface area contributed by atoms with Crippen LogP contribution in [-0.4, -0.2) is 23.2 Å². The summed E-state index contributed by atoms with van der Waals surface area (Å²) in [5.41, 5.74) is 9.53. The lowest BCUT2D eigenvalue weighted by Gasteiger charge is -2.17. The Bertz CT molecular complexity index is 1210. The molecule has 5 rings (SSSR count). The number of H-pyrrole nitrogens is 1. The van der Waals surface area contributed by atoms with E-state index < -0.39 is 11.4 Å². The van der Waals surface area contributed by atoms with Crippen molar-refractivity contribution in [3.05, 3.63) is 50.1 Å². The van der Waals surface area contributed by atoms with Gasteiger partial charge in [-0.2, -0.15) is 0 Å². The quantitative estimate of drug-likeness (QED) is 0.598. The van der Waals surface area contributed by atoms with Crippen LogP contribution in [0.25, 0.3) is 21.3 Å². The van der Waals surface area contributed by atoms with Gasteiger partial charge in [-0.3, -0.25) is 4.79 Å². The van der Waals surface area contributed by atoms with E-state index in [2.05, 4.69) is 11.1 Å². The van der Waals surface area contributed by atoms with Crippen LogP contribution in [0.5, 0.6) is 5.75 Å². The fraction of sp³-hybridized carbons (Fsp3) is 0.364. The number of rotatable bonds is 4. The van der Waals surface area contributed by atoms with Crippen molar-refractivity contribution in [3.63, 3.8) is 0 Å². The number of benzene rings is 1. The number of ether oxygens (including phenoxy) is 1. The third kappa shape index (κ3) is 2.88. The van der Waals surface area contributed by atoms with Gasteiger partial charge in [0.05, 0.1) is 18.0 Å². The van der Waals surface area contributed by atoms with Gasteiger partial charge in [-0.25, -0.2) is 4.79 Å². The molecule has 6 nitrogen and oxygen atoms in total. The first-order valence-corrected chi connectivity index (χ1v) is 10.7. The van der Waals surface area contributed by atoms with Crippen molar-refractivity contribution in [1.82, 2.24) is 4.98 Å². The molecule has 1 atom stereocenters. The largest absolute Gasteiger partial charge is 0.494 e. The maximum absolute atomic E-state index is 12.8.